The van der Waals surface area contributed by atoms with Crippen LogP contribution in [0.15, 0.2) is 18.2 Å². The van der Waals surface area contributed by atoms with Gasteiger partial charge in [-0.1, -0.05) is 0 Å². The lowest BCUT2D eigenvalue weighted by molar-refractivity contribution is -0.125. The smallest absolute Gasteiger partial charge is 0.220 e. The summed E-state index contributed by atoms with van der Waals surface area (Å²) in [6, 6.07) is 5.04. The topological polar surface area (TPSA) is 58.4 Å². The lowest BCUT2D eigenvalue weighted by atomic mass is 9.85. The van der Waals surface area contributed by atoms with E-state index in [0.29, 0.717) is 24.1 Å². The van der Waals surface area contributed by atoms with E-state index in [1.165, 1.54) is 6.07 Å². The Morgan fingerprint density at radius 1 is 1.35 bits per heavy atom. The van der Waals surface area contributed by atoms with Crippen molar-refractivity contribution in [2.75, 3.05) is 18.8 Å². The Balaban J connectivity index is 1.63. The van der Waals surface area contributed by atoms with Gasteiger partial charge in [-0.2, -0.15) is 0 Å². The Kier molecular flexibility index (Phi) is 3.61. The Labute approximate surface area is 118 Å². The number of nitrogens with zero attached hydrogens (tertiary/aromatic N) is 1. The van der Waals surface area contributed by atoms with Crippen molar-refractivity contribution in [1.29, 1.82) is 0 Å². The van der Waals surface area contributed by atoms with Gasteiger partial charge >= 0.3 is 0 Å². The molecule has 0 aromatic heterocycles. The van der Waals surface area contributed by atoms with Gasteiger partial charge in [0, 0.05) is 37.8 Å². The molecule has 108 valence electrons. The number of carbonyl (C=O) groups is 1. The Morgan fingerprint density at radius 2 is 2.20 bits per heavy atom. The van der Waals surface area contributed by atoms with Gasteiger partial charge < -0.3 is 11.1 Å². The van der Waals surface area contributed by atoms with Crippen LogP contribution in [0.3, 0.4) is 0 Å². The monoisotopic (exact) mass is 277 g/mol. The number of hydrogen-bond acceptors (Lipinski definition) is 3. The molecule has 0 radical (unpaired) electrons. The number of nitrogens with two attached hydrogens (primary N) is 1. The summed E-state index contributed by atoms with van der Waals surface area (Å²) < 4.78 is 13.3. The molecule has 2 aliphatic rings. The number of anilines is 1. The zero-order valence-electron chi connectivity index (χ0n) is 11.4. The van der Waals surface area contributed by atoms with Crippen LogP contribution in [-0.2, 0) is 11.3 Å². The summed E-state index contributed by atoms with van der Waals surface area (Å²) in [5.41, 5.74) is 7.07. The highest BCUT2D eigenvalue weighted by atomic mass is 19.1. The van der Waals surface area contributed by atoms with Crippen molar-refractivity contribution in [3.63, 3.8) is 0 Å². The number of fused-ring (bicyclic) bond motifs is 1. The molecule has 1 amide bonds. The van der Waals surface area contributed by atoms with Crippen LogP contribution in [0, 0.1) is 11.7 Å². The molecule has 3 rings (SSSR count). The molecular formula is C15H20FN3O. The second kappa shape index (κ2) is 5.40. The molecule has 20 heavy (non-hydrogen) atoms. The third kappa shape index (κ3) is 2.93. The molecule has 5 heteroatoms. The van der Waals surface area contributed by atoms with Crippen molar-refractivity contribution >= 4 is 11.6 Å². The first-order valence-corrected chi connectivity index (χ1v) is 7.17. The Hall–Kier alpha value is -1.62. The summed E-state index contributed by atoms with van der Waals surface area (Å²) in [6.45, 7) is 2.61. The number of benzene rings is 1. The fourth-order valence-corrected chi connectivity index (χ4v) is 3.35. The standard InChI is InChI=1S/C15H20FN3O/c16-12-5-10(6-13(17)7-12)8-19-4-3-14-11(9-19)1-2-15(20)18-14/h5-7,11,14H,1-4,8-9,17H2,(H,18,20). The molecule has 4 nitrogen and oxygen atoms in total. The van der Waals surface area contributed by atoms with Gasteiger partial charge in [-0.25, -0.2) is 4.39 Å². The zero-order valence-corrected chi connectivity index (χ0v) is 11.4. The van der Waals surface area contributed by atoms with Gasteiger partial charge in [0.05, 0.1) is 0 Å². The normalized spacial score (nSPS) is 26.9. The molecule has 2 atom stereocenters. The molecule has 0 bridgehead atoms. The van der Waals surface area contributed by atoms with E-state index in [9.17, 15) is 9.18 Å². The highest BCUT2D eigenvalue weighted by Gasteiger charge is 2.33. The minimum Gasteiger partial charge on any atom is -0.399 e. The molecule has 2 unspecified atom stereocenters. The lowest BCUT2D eigenvalue weighted by Gasteiger charge is -2.41. The number of carbonyl (C=O) groups excluding carboxylic acids is 1. The molecule has 0 saturated carbocycles. The molecular weight excluding hydrogens is 257 g/mol. The molecule has 3 N–H and O–H groups in total. The number of likely N-dealkylation sites (tertiary alicyclic amines) is 1. The van der Waals surface area contributed by atoms with E-state index in [0.717, 1.165) is 38.0 Å². The zero-order chi connectivity index (χ0) is 14.1. The number of hydrogen-bond donors (Lipinski definition) is 2. The molecule has 1 aromatic carbocycles. The minimum atomic E-state index is -0.278. The summed E-state index contributed by atoms with van der Waals surface area (Å²) in [5.74, 6) is 0.421. The van der Waals surface area contributed by atoms with Crippen LogP contribution in [0.1, 0.15) is 24.8 Å². The Bertz CT molecular complexity index is 500. The third-order valence-corrected chi connectivity index (χ3v) is 4.29. The lowest BCUT2D eigenvalue weighted by Crippen LogP contribution is -2.53. The summed E-state index contributed by atoms with van der Waals surface area (Å²) in [4.78, 5) is 13.7. The Morgan fingerprint density at radius 3 is 3.00 bits per heavy atom. The average Bonchev–Trinajstić information content (AvgIpc) is 2.38. The highest BCUT2D eigenvalue weighted by Crippen LogP contribution is 2.26. The van der Waals surface area contributed by atoms with Gasteiger partial charge in [0.1, 0.15) is 5.82 Å². The summed E-state index contributed by atoms with van der Waals surface area (Å²) in [6.07, 6.45) is 2.56. The number of nitrogen functional groups attached to an aromatic ring is 1. The van der Waals surface area contributed by atoms with E-state index in [1.807, 2.05) is 6.07 Å². The van der Waals surface area contributed by atoms with Crippen LogP contribution in [0.25, 0.3) is 0 Å². The molecule has 2 saturated heterocycles. The van der Waals surface area contributed by atoms with Crippen LogP contribution in [-0.4, -0.2) is 29.9 Å². The maximum atomic E-state index is 13.3. The number of piperidine rings is 2. The number of amides is 1. The highest BCUT2D eigenvalue weighted by molar-refractivity contribution is 5.77. The SMILES string of the molecule is Nc1cc(F)cc(CN2CCC3NC(=O)CCC3C2)c1. The van der Waals surface area contributed by atoms with E-state index in [2.05, 4.69) is 10.2 Å². The first-order valence-electron chi connectivity index (χ1n) is 7.17. The predicted octanol–water partition coefficient (Wildman–Crippen LogP) is 1.51. The minimum absolute atomic E-state index is 0.178. The second-order valence-corrected chi connectivity index (χ2v) is 5.89. The van der Waals surface area contributed by atoms with E-state index in [-0.39, 0.29) is 11.7 Å². The summed E-state index contributed by atoms with van der Waals surface area (Å²) in [7, 11) is 0. The van der Waals surface area contributed by atoms with Crippen molar-refractivity contribution in [2.24, 2.45) is 5.92 Å². The molecule has 2 heterocycles. The van der Waals surface area contributed by atoms with Gasteiger partial charge in [-0.15, -0.1) is 0 Å². The summed E-state index contributed by atoms with van der Waals surface area (Å²) >= 11 is 0. The van der Waals surface area contributed by atoms with Crippen LogP contribution in [0.2, 0.25) is 0 Å². The molecule has 2 aliphatic heterocycles. The van der Waals surface area contributed by atoms with Crippen LogP contribution in [0.4, 0.5) is 10.1 Å². The van der Waals surface area contributed by atoms with E-state index < -0.39 is 0 Å². The fourth-order valence-electron chi connectivity index (χ4n) is 3.35. The van der Waals surface area contributed by atoms with Crippen molar-refractivity contribution in [1.82, 2.24) is 10.2 Å². The quantitative estimate of drug-likeness (QED) is 0.806. The van der Waals surface area contributed by atoms with Crippen LogP contribution >= 0.6 is 0 Å². The number of nitrogens with one attached hydrogen (secondary N) is 1. The predicted molar refractivity (Wildman–Crippen MR) is 75.4 cm³/mol. The van der Waals surface area contributed by atoms with Crippen molar-refractivity contribution in [3.05, 3.63) is 29.6 Å². The van der Waals surface area contributed by atoms with Crippen molar-refractivity contribution in [3.8, 4) is 0 Å². The average molecular weight is 277 g/mol. The van der Waals surface area contributed by atoms with Gasteiger partial charge in [0.25, 0.3) is 0 Å². The third-order valence-electron chi connectivity index (χ3n) is 4.29. The molecule has 2 fully saturated rings. The molecule has 1 aromatic rings. The van der Waals surface area contributed by atoms with E-state index in [4.69, 9.17) is 5.73 Å². The van der Waals surface area contributed by atoms with Gasteiger partial charge in [0.2, 0.25) is 5.91 Å². The number of rotatable bonds is 2. The van der Waals surface area contributed by atoms with Gasteiger partial charge in [0.15, 0.2) is 0 Å². The summed E-state index contributed by atoms with van der Waals surface area (Å²) in [5, 5.41) is 3.08. The van der Waals surface area contributed by atoms with Gasteiger partial charge in [-0.3, -0.25) is 9.69 Å². The maximum absolute atomic E-state index is 13.3. The molecule has 0 spiro atoms. The molecule has 0 aliphatic carbocycles. The first-order chi connectivity index (χ1) is 9.60. The van der Waals surface area contributed by atoms with Crippen molar-refractivity contribution in [2.45, 2.75) is 31.8 Å². The van der Waals surface area contributed by atoms with Gasteiger partial charge in [-0.05, 0) is 42.5 Å². The second-order valence-electron chi connectivity index (χ2n) is 5.89. The van der Waals surface area contributed by atoms with E-state index in [1.54, 1.807) is 6.07 Å². The maximum Gasteiger partial charge on any atom is 0.220 e. The van der Waals surface area contributed by atoms with Crippen LogP contribution < -0.4 is 11.1 Å². The van der Waals surface area contributed by atoms with E-state index >= 15 is 0 Å². The first kappa shape index (κ1) is 13.4. The largest absolute Gasteiger partial charge is 0.399 e. The number of halogens is 1. The van der Waals surface area contributed by atoms with Crippen molar-refractivity contribution < 1.29 is 9.18 Å². The van der Waals surface area contributed by atoms with Crippen LogP contribution in [0.5, 0.6) is 0 Å². The fraction of sp³-hybridized carbons (Fsp3) is 0.533.